The molecule has 68 valence electrons. The van der Waals surface area contributed by atoms with Crippen LogP contribution < -0.4 is 0 Å². The molecule has 0 aliphatic rings. The maximum Gasteiger partial charge on any atom is 0.133 e. The zero-order valence-electron chi connectivity index (χ0n) is 7.40. The molecule has 0 aliphatic heterocycles. The van der Waals surface area contributed by atoms with Gasteiger partial charge in [0, 0.05) is 10.9 Å². The Morgan fingerprint density at radius 2 is 2.14 bits per heavy atom. The molecule has 3 heteroatoms. The average Bonchev–Trinajstić information content (AvgIpc) is 2.86. The molecule has 0 fully saturated rings. The summed E-state index contributed by atoms with van der Waals surface area (Å²) in [4.78, 5) is 3.30. The highest BCUT2D eigenvalue weighted by molar-refractivity contribution is 5.85. The fourth-order valence-electron chi connectivity index (χ4n) is 1.57. The summed E-state index contributed by atoms with van der Waals surface area (Å²) in [5, 5.41) is 4.87. The molecular formula is C11H8N2O. The molecule has 0 bridgehead atoms. The van der Waals surface area contributed by atoms with E-state index in [0.29, 0.717) is 0 Å². The molecule has 1 aromatic carbocycles. The summed E-state index contributed by atoms with van der Waals surface area (Å²) in [6.45, 7) is 0. The Kier molecular flexibility index (Phi) is 1.44. The normalized spacial score (nSPS) is 10.9. The zero-order valence-corrected chi connectivity index (χ0v) is 7.40. The number of aromatic nitrogens is 2. The van der Waals surface area contributed by atoms with Crippen LogP contribution in [-0.4, -0.2) is 10.1 Å². The minimum absolute atomic E-state index is 0.973. The van der Waals surface area contributed by atoms with E-state index in [2.05, 4.69) is 22.3 Å². The number of benzene rings is 1. The Balaban J connectivity index is 2.24. The Bertz CT molecular complexity index is 518. The number of nitrogens with zero attached hydrogens (tertiary/aromatic N) is 1. The lowest BCUT2D eigenvalue weighted by Gasteiger charge is -1.86. The lowest BCUT2D eigenvalue weighted by atomic mass is 10.2. The van der Waals surface area contributed by atoms with E-state index >= 15 is 0 Å². The first-order valence-electron chi connectivity index (χ1n) is 4.41. The number of H-pyrrole nitrogens is 1. The Labute approximate surface area is 80.3 Å². The van der Waals surface area contributed by atoms with Crippen LogP contribution in [0.15, 0.2) is 47.3 Å². The largest absolute Gasteiger partial charge is 0.364 e. The molecule has 0 saturated heterocycles. The van der Waals surface area contributed by atoms with Crippen LogP contribution in [0.3, 0.4) is 0 Å². The summed E-state index contributed by atoms with van der Waals surface area (Å²) in [7, 11) is 0. The van der Waals surface area contributed by atoms with Gasteiger partial charge in [-0.05, 0) is 12.1 Å². The molecule has 3 nitrogen and oxygen atoms in total. The van der Waals surface area contributed by atoms with Crippen molar-refractivity contribution in [2.75, 3.05) is 0 Å². The third kappa shape index (κ3) is 1.03. The fourth-order valence-corrected chi connectivity index (χ4v) is 1.57. The van der Waals surface area contributed by atoms with Crippen molar-refractivity contribution < 1.29 is 4.52 Å². The minimum Gasteiger partial charge on any atom is -0.364 e. The third-order valence-electron chi connectivity index (χ3n) is 2.27. The zero-order chi connectivity index (χ0) is 9.38. The van der Waals surface area contributed by atoms with Gasteiger partial charge in [0.2, 0.25) is 0 Å². The highest BCUT2D eigenvalue weighted by Gasteiger charge is 2.03. The Morgan fingerprint density at radius 1 is 1.21 bits per heavy atom. The first-order chi connectivity index (χ1) is 6.93. The van der Waals surface area contributed by atoms with Crippen LogP contribution in [-0.2, 0) is 0 Å². The van der Waals surface area contributed by atoms with E-state index < -0.39 is 0 Å². The highest BCUT2D eigenvalue weighted by atomic mass is 16.5. The molecular weight excluding hydrogens is 176 g/mol. The molecule has 0 aliphatic carbocycles. The predicted molar refractivity (Wildman–Crippen MR) is 53.8 cm³/mol. The second-order valence-corrected chi connectivity index (χ2v) is 3.18. The lowest BCUT2D eigenvalue weighted by Crippen LogP contribution is -1.70. The molecule has 0 spiro atoms. The van der Waals surface area contributed by atoms with Crippen molar-refractivity contribution in [1.29, 1.82) is 0 Å². The molecule has 3 rings (SSSR count). The fraction of sp³-hybridized carbons (Fsp3) is 0. The number of hydrogen-bond donors (Lipinski definition) is 1. The molecule has 2 aromatic heterocycles. The summed E-state index contributed by atoms with van der Waals surface area (Å²) >= 11 is 0. The van der Waals surface area contributed by atoms with E-state index in [1.54, 1.807) is 12.5 Å². The van der Waals surface area contributed by atoms with Crippen LogP contribution in [0.4, 0.5) is 0 Å². The van der Waals surface area contributed by atoms with Gasteiger partial charge in [-0.25, -0.2) is 0 Å². The first-order valence-corrected chi connectivity index (χ1v) is 4.41. The van der Waals surface area contributed by atoms with Crippen LogP contribution in [0.5, 0.6) is 0 Å². The number of aromatic amines is 1. The van der Waals surface area contributed by atoms with Crippen LogP contribution in [0.25, 0.3) is 22.2 Å². The summed E-state index contributed by atoms with van der Waals surface area (Å²) in [6.07, 6.45) is 3.33. The van der Waals surface area contributed by atoms with Gasteiger partial charge in [-0.15, -0.1) is 0 Å². The maximum absolute atomic E-state index is 4.79. The van der Waals surface area contributed by atoms with Crippen molar-refractivity contribution in [3.63, 3.8) is 0 Å². The quantitative estimate of drug-likeness (QED) is 0.631. The Morgan fingerprint density at radius 3 is 2.93 bits per heavy atom. The smallest absolute Gasteiger partial charge is 0.133 e. The first kappa shape index (κ1) is 7.38. The van der Waals surface area contributed by atoms with Crippen molar-refractivity contribution in [3.8, 4) is 11.3 Å². The molecule has 0 unspecified atom stereocenters. The van der Waals surface area contributed by atoms with Gasteiger partial charge in [-0.1, -0.05) is 23.4 Å². The average molecular weight is 184 g/mol. The molecule has 2 heterocycles. The molecule has 0 saturated carbocycles. The van der Waals surface area contributed by atoms with Crippen LogP contribution >= 0.6 is 0 Å². The van der Waals surface area contributed by atoms with Crippen molar-refractivity contribution in [2.45, 2.75) is 0 Å². The van der Waals surface area contributed by atoms with Gasteiger partial charge in [0.15, 0.2) is 0 Å². The predicted octanol–water partition coefficient (Wildman–Crippen LogP) is 2.82. The maximum atomic E-state index is 4.79. The summed E-state index contributed by atoms with van der Waals surface area (Å²) < 4.78 is 4.79. The van der Waals surface area contributed by atoms with E-state index in [1.165, 1.54) is 5.39 Å². The number of fused-ring (bicyclic) bond motifs is 1. The van der Waals surface area contributed by atoms with Crippen molar-refractivity contribution >= 4 is 10.9 Å². The lowest BCUT2D eigenvalue weighted by molar-refractivity contribution is 0.420. The van der Waals surface area contributed by atoms with E-state index in [4.69, 9.17) is 4.52 Å². The summed E-state index contributed by atoms with van der Waals surface area (Å²) in [6, 6.07) is 10.2. The van der Waals surface area contributed by atoms with Gasteiger partial charge in [0.1, 0.15) is 6.26 Å². The van der Waals surface area contributed by atoms with Gasteiger partial charge < -0.3 is 9.51 Å². The third-order valence-corrected chi connectivity index (χ3v) is 2.27. The van der Waals surface area contributed by atoms with Gasteiger partial charge in [-0.3, -0.25) is 0 Å². The number of nitrogens with one attached hydrogen (secondary N) is 1. The topological polar surface area (TPSA) is 41.8 Å². The van der Waals surface area contributed by atoms with Crippen molar-refractivity contribution in [1.82, 2.24) is 10.1 Å². The molecule has 0 atom stereocenters. The second kappa shape index (κ2) is 2.73. The number of rotatable bonds is 1. The summed E-state index contributed by atoms with van der Waals surface area (Å²) in [5.41, 5.74) is 3.14. The van der Waals surface area contributed by atoms with E-state index in [1.807, 2.05) is 18.2 Å². The molecule has 3 aromatic rings. The van der Waals surface area contributed by atoms with Crippen LogP contribution in [0.2, 0.25) is 0 Å². The van der Waals surface area contributed by atoms with Crippen LogP contribution in [0, 0.1) is 0 Å². The van der Waals surface area contributed by atoms with Gasteiger partial charge in [0.05, 0.1) is 17.5 Å². The minimum atomic E-state index is 0.973. The number of hydrogen-bond acceptors (Lipinski definition) is 2. The monoisotopic (exact) mass is 184 g/mol. The van der Waals surface area contributed by atoms with E-state index in [-0.39, 0.29) is 0 Å². The van der Waals surface area contributed by atoms with Gasteiger partial charge in [-0.2, -0.15) is 0 Å². The number of para-hydroxylation sites is 1. The highest BCUT2D eigenvalue weighted by Crippen LogP contribution is 2.23. The van der Waals surface area contributed by atoms with Crippen molar-refractivity contribution in [2.24, 2.45) is 0 Å². The van der Waals surface area contributed by atoms with Gasteiger partial charge >= 0.3 is 0 Å². The van der Waals surface area contributed by atoms with Crippen molar-refractivity contribution in [3.05, 3.63) is 42.8 Å². The van der Waals surface area contributed by atoms with E-state index in [0.717, 1.165) is 16.8 Å². The van der Waals surface area contributed by atoms with Gasteiger partial charge in [0.25, 0.3) is 0 Å². The molecule has 0 amide bonds. The molecule has 14 heavy (non-hydrogen) atoms. The Hall–Kier alpha value is -2.03. The molecule has 1 N–H and O–H groups in total. The summed E-state index contributed by atoms with van der Waals surface area (Å²) in [5.74, 6) is 0. The van der Waals surface area contributed by atoms with Crippen LogP contribution in [0.1, 0.15) is 0 Å². The molecule has 0 radical (unpaired) electrons. The van der Waals surface area contributed by atoms with E-state index in [9.17, 15) is 0 Å². The SMILES string of the molecule is c1ccc2[nH]c(-c3cnoc3)cc2c1. The second-order valence-electron chi connectivity index (χ2n) is 3.18. The standard InChI is InChI=1S/C11H8N2O/c1-2-4-10-8(3-1)5-11(13-10)9-6-12-14-7-9/h1-7,13H.